The van der Waals surface area contributed by atoms with E-state index in [4.69, 9.17) is 6.42 Å². The van der Waals surface area contributed by atoms with E-state index in [1.807, 2.05) is 0 Å². The number of hydrogen-bond donors (Lipinski definition) is 0. The van der Waals surface area contributed by atoms with E-state index >= 15 is 0 Å². The molecular weight excluding hydrogens is 144 g/mol. The van der Waals surface area contributed by atoms with Gasteiger partial charge in [-0.3, -0.25) is 0 Å². The summed E-state index contributed by atoms with van der Waals surface area (Å²) in [5.41, 5.74) is 0. The zero-order valence-corrected chi connectivity index (χ0v) is 6.62. The second kappa shape index (κ2) is 2.49. The van der Waals surface area contributed by atoms with E-state index in [0.29, 0.717) is 4.45 Å². The third-order valence-corrected chi connectivity index (χ3v) is 0.827. The summed E-state index contributed by atoms with van der Waals surface area (Å²) in [4.78, 5) is 0. The molecule has 0 aliphatic rings. The lowest BCUT2D eigenvalue weighted by Crippen LogP contribution is -1.85. The van der Waals surface area contributed by atoms with Crippen LogP contribution in [0.3, 0.4) is 0 Å². The highest BCUT2D eigenvalue weighted by atomic mass is 79.9. The van der Waals surface area contributed by atoms with Crippen LogP contribution in [0.4, 0.5) is 0 Å². The first-order chi connectivity index (χ1) is 2.27. The summed E-state index contributed by atoms with van der Waals surface area (Å²) in [6.07, 6.45) is 4.91. The third-order valence-electron chi connectivity index (χ3n) is 0.230. The van der Waals surface area contributed by atoms with Crippen molar-refractivity contribution in [3.8, 4) is 12.3 Å². The molecule has 0 rings (SSSR count). The lowest BCUT2D eigenvalue weighted by molar-refractivity contribution is 1.81. The number of terminal acetylenes is 1. The van der Waals surface area contributed by atoms with Crippen molar-refractivity contribution in [1.82, 2.24) is 0 Å². The molecule has 0 aromatic carbocycles. The lowest BCUT2D eigenvalue weighted by atomic mass is 10.8. The minimum absolute atomic E-state index is 0.363. The quantitative estimate of drug-likeness (QED) is 0.252. The highest BCUT2D eigenvalue weighted by Crippen LogP contribution is 1.85. The van der Waals surface area contributed by atoms with E-state index in [1.165, 1.54) is 0 Å². The Morgan fingerprint density at radius 3 is 2.20 bits per heavy atom. The Labute approximate surface area is 43.5 Å². The molecule has 0 nitrogen and oxygen atoms in total. The zero-order chi connectivity index (χ0) is 4.28. The highest BCUT2D eigenvalue weighted by Gasteiger charge is 1.77. The first-order valence-electron chi connectivity index (χ1n) is 1.37. The van der Waals surface area contributed by atoms with Crippen molar-refractivity contribution in [1.29, 1.82) is 0 Å². The predicted molar refractivity (Wildman–Crippen MR) is 31.5 cm³/mol. The van der Waals surface area contributed by atoms with Crippen molar-refractivity contribution >= 4 is 26.2 Å². The van der Waals surface area contributed by atoms with Crippen molar-refractivity contribution in [3.63, 3.8) is 0 Å². The summed E-state index contributed by atoms with van der Waals surface area (Å²) in [7, 11) is 1.05. The molecule has 1 unspecified atom stereocenters. The van der Waals surface area contributed by atoms with E-state index in [1.54, 1.807) is 0 Å². The lowest BCUT2D eigenvalue weighted by Gasteiger charge is -1.77. The van der Waals surface area contributed by atoms with Gasteiger partial charge in [0.2, 0.25) is 0 Å². The van der Waals surface area contributed by atoms with Gasteiger partial charge in [-0.15, -0.1) is 6.42 Å². The van der Waals surface area contributed by atoms with E-state index in [2.05, 4.69) is 21.9 Å². The van der Waals surface area contributed by atoms with Gasteiger partial charge in [0.1, 0.15) is 0 Å². The van der Waals surface area contributed by atoms with E-state index < -0.39 is 0 Å². The van der Waals surface area contributed by atoms with E-state index in [0.717, 1.165) is 10.2 Å². The van der Waals surface area contributed by atoms with Gasteiger partial charge < -0.3 is 0 Å². The van der Waals surface area contributed by atoms with Crippen LogP contribution < -0.4 is 0 Å². The molecular formula is C3H5BrSi. The average Bonchev–Trinajstić information content (AvgIpc) is 1.38. The standard InChI is InChI=1S/C3H5BrSi/c1-2-3(4)5/h1,3H,5H3. The molecule has 0 radical (unpaired) electrons. The first kappa shape index (κ1) is 5.26. The van der Waals surface area contributed by atoms with Gasteiger partial charge >= 0.3 is 0 Å². The normalized spacial score (nSPS) is 13.6. The minimum Gasteiger partial charge on any atom is -0.119 e. The SMILES string of the molecule is C#CC([SiH3])Br. The summed E-state index contributed by atoms with van der Waals surface area (Å²) in [6.45, 7) is 0. The third kappa shape index (κ3) is 4.26. The molecule has 0 aliphatic heterocycles. The van der Waals surface area contributed by atoms with Crippen LogP contribution in [0.5, 0.6) is 0 Å². The number of rotatable bonds is 0. The largest absolute Gasteiger partial charge is 0.119 e. The maximum Gasteiger partial charge on any atom is 0.0567 e. The topological polar surface area (TPSA) is 0 Å². The minimum atomic E-state index is 0.363. The Kier molecular flexibility index (Phi) is 2.62. The maximum absolute atomic E-state index is 4.91. The van der Waals surface area contributed by atoms with Crippen molar-refractivity contribution in [2.45, 2.75) is 4.45 Å². The van der Waals surface area contributed by atoms with Crippen molar-refractivity contribution in [2.24, 2.45) is 0 Å². The fraction of sp³-hybridized carbons (Fsp3) is 0.333. The number of halogens is 1. The van der Waals surface area contributed by atoms with Crippen molar-refractivity contribution in [2.75, 3.05) is 0 Å². The predicted octanol–water partition coefficient (Wildman–Crippen LogP) is -0.294. The Morgan fingerprint density at radius 1 is 2.00 bits per heavy atom. The van der Waals surface area contributed by atoms with Gasteiger partial charge in [0.25, 0.3) is 0 Å². The van der Waals surface area contributed by atoms with Crippen LogP contribution in [0.15, 0.2) is 0 Å². The summed E-state index contributed by atoms with van der Waals surface area (Å²) >= 11 is 3.20. The average molecular weight is 149 g/mol. The second-order valence-corrected chi connectivity index (χ2v) is 5.00. The van der Waals surface area contributed by atoms with Gasteiger partial charge in [0, 0.05) is 10.2 Å². The van der Waals surface area contributed by atoms with E-state index in [-0.39, 0.29) is 0 Å². The van der Waals surface area contributed by atoms with Gasteiger partial charge in [-0.2, -0.15) is 0 Å². The Bertz CT molecular complexity index is 52.4. The van der Waals surface area contributed by atoms with E-state index in [9.17, 15) is 0 Å². The van der Waals surface area contributed by atoms with Crippen LogP contribution in [-0.2, 0) is 0 Å². The van der Waals surface area contributed by atoms with Crippen LogP contribution in [0, 0.1) is 12.3 Å². The fourth-order valence-corrected chi connectivity index (χ4v) is 0. The molecule has 0 aromatic heterocycles. The molecule has 0 fully saturated rings. The molecule has 0 amide bonds. The number of hydrogen-bond acceptors (Lipinski definition) is 0. The van der Waals surface area contributed by atoms with Crippen LogP contribution in [0.25, 0.3) is 0 Å². The van der Waals surface area contributed by atoms with Crippen LogP contribution in [0.2, 0.25) is 0 Å². The van der Waals surface area contributed by atoms with Crippen LogP contribution in [0.1, 0.15) is 0 Å². The second-order valence-electron chi connectivity index (χ2n) is 0.783. The smallest absolute Gasteiger partial charge is 0.0567 e. The molecule has 1 atom stereocenters. The monoisotopic (exact) mass is 148 g/mol. The highest BCUT2D eigenvalue weighted by molar-refractivity contribution is 9.10. The summed E-state index contributed by atoms with van der Waals surface area (Å²) in [5.74, 6) is 2.51. The van der Waals surface area contributed by atoms with Gasteiger partial charge in [-0.25, -0.2) is 0 Å². The first-order valence-corrected chi connectivity index (χ1v) is 3.44. The summed E-state index contributed by atoms with van der Waals surface area (Å²) in [6, 6.07) is 0. The molecule has 0 spiro atoms. The maximum atomic E-state index is 4.91. The van der Waals surface area contributed by atoms with Crippen LogP contribution in [-0.4, -0.2) is 14.7 Å². The van der Waals surface area contributed by atoms with Crippen LogP contribution >= 0.6 is 15.9 Å². The molecule has 5 heavy (non-hydrogen) atoms. The fourth-order valence-electron chi connectivity index (χ4n) is 0. The molecule has 0 saturated heterocycles. The van der Waals surface area contributed by atoms with Crippen molar-refractivity contribution < 1.29 is 0 Å². The molecule has 0 saturated carbocycles. The van der Waals surface area contributed by atoms with Crippen molar-refractivity contribution in [3.05, 3.63) is 0 Å². The molecule has 0 aromatic rings. The number of alkyl halides is 1. The Hall–Kier alpha value is 0.257. The Balaban J connectivity index is 2.94. The van der Waals surface area contributed by atoms with Gasteiger partial charge in [-0.1, -0.05) is 21.9 Å². The molecule has 2 heteroatoms. The molecule has 0 N–H and O–H groups in total. The van der Waals surface area contributed by atoms with Gasteiger partial charge in [-0.05, 0) is 0 Å². The summed E-state index contributed by atoms with van der Waals surface area (Å²) < 4.78 is 0.363. The van der Waals surface area contributed by atoms with Gasteiger partial charge in [0.15, 0.2) is 0 Å². The molecule has 0 bridgehead atoms. The zero-order valence-electron chi connectivity index (χ0n) is 3.03. The Morgan fingerprint density at radius 2 is 2.20 bits per heavy atom. The molecule has 0 aliphatic carbocycles. The summed E-state index contributed by atoms with van der Waals surface area (Å²) in [5, 5.41) is 0. The molecule has 28 valence electrons. The molecule has 0 heterocycles. The van der Waals surface area contributed by atoms with Gasteiger partial charge in [0.05, 0.1) is 4.45 Å².